The SMILES string of the molecule is CCC1CN(c2ccc(SCCCl)c(F)c2)C(=O)O1. The van der Waals surface area contributed by atoms with Crippen molar-refractivity contribution in [1.29, 1.82) is 0 Å². The van der Waals surface area contributed by atoms with E-state index >= 15 is 0 Å². The van der Waals surface area contributed by atoms with Gasteiger partial charge in [-0.25, -0.2) is 9.18 Å². The molecule has 0 radical (unpaired) electrons. The van der Waals surface area contributed by atoms with Gasteiger partial charge in [-0.3, -0.25) is 4.90 Å². The zero-order chi connectivity index (χ0) is 13.8. The van der Waals surface area contributed by atoms with Crippen LogP contribution in [0, 0.1) is 5.82 Å². The first-order valence-electron chi connectivity index (χ1n) is 6.12. The topological polar surface area (TPSA) is 29.5 Å². The second-order valence-corrected chi connectivity index (χ2v) is 5.69. The molecule has 1 saturated heterocycles. The minimum Gasteiger partial charge on any atom is -0.444 e. The van der Waals surface area contributed by atoms with Crippen molar-refractivity contribution in [3.8, 4) is 0 Å². The zero-order valence-electron chi connectivity index (χ0n) is 10.6. The fourth-order valence-electron chi connectivity index (χ4n) is 1.87. The van der Waals surface area contributed by atoms with Crippen molar-refractivity contribution < 1.29 is 13.9 Å². The maximum absolute atomic E-state index is 13.9. The highest BCUT2D eigenvalue weighted by Crippen LogP contribution is 2.28. The second kappa shape index (κ2) is 6.48. The van der Waals surface area contributed by atoms with E-state index < -0.39 is 6.09 Å². The molecule has 104 valence electrons. The summed E-state index contributed by atoms with van der Waals surface area (Å²) >= 11 is 6.94. The van der Waals surface area contributed by atoms with Crippen molar-refractivity contribution in [3.63, 3.8) is 0 Å². The van der Waals surface area contributed by atoms with Crippen LogP contribution in [0.25, 0.3) is 0 Å². The maximum atomic E-state index is 13.9. The normalized spacial score (nSPS) is 18.8. The Labute approximate surface area is 121 Å². The summed E-state index contributed by atoms with van der Waals surface area (Å²) in [6.07, 6.45) is 0.238. The van der Waals surface area contributed by atoms with Gasteiger partial charge in [0.15, 0.2) is 0 Å². The van der Waals surface area contributed by atoms with Gasteiger partial charge in [0.25, 0.3) is 0 Å². The number of rotatable bonds is 5. The molecule has 1 aromatic carbocycles. The van der Waals surface area contributed by atoms with Crippen molar-refractivity contribution in [2.24, 2.45) is 0 Å². The van der Waals surface area contributed by atoms with Crippen LogP contribution < -0.4 is 4.90 Å². The van der Waals surface area contributed by atoms with Gasteiger partial charge in [-0.15, -0.1) is 23.4 Å². The molecule has 3 nitrogen and oxygen atoms in total. The van der Waals surface area contributed by atoms with Crippen LogP contribution in [0.15, 0.2) is 23.1 Å². The summed E-state index contributed by atoms with van der Waals surface area (Å²) in [6.45, 7) is 2.43. The lowest BCUT2D eigenvalue weighted by Crippen LogP contribution is -2.24. The highest BCUT2D eigenvalue weighted by Gasteiger charge is 2.31. The predicted octanol–water partition coefficient (Wildman–Crippen LogP) is 3.89. The van der Waals surface area contributed by atoms with Crippen molar-refractivity contribution in [2.75, 3.05) is 23.1 Å². The number of nitrogens with zero attached hydrogens (tertiary/aromatic N) is 1. The molecule has 1 atom stereocenters. The summed E-state index contributed by atoms with van der Waals surface area (Å²) in [5.74, 6) is 0.796. The number of anilines is 1. The molecule has 1 fully saturated rings. The number of alkyl halides is 1. The molecule has 1 aromatic rings. The van der Waals surface area contributed by atoms with Crippen molar-refractivity contribution in [2.45, 2.75) is 24.3 Å². The minimum atomic E-state index is -0.410. The Morgan fingerprint density at radius 3 is 2.95 bits per heavy atom. The highest BCUT2D eigenvalue weighted by molar-refractivity contribution is 7.99. The van der Waals surface area contributed by atoms with Crippen LogP contribution in [0.5, 0.6) is 0 Å². The molecule has 0 aliphatic carbocycles. The summed E-state index contributed by atoms with van der Waals surface area (Å²) in [7, 11) is 0. The Kier molecular flexibility index (Phi) is 4.93. The molecule has 6 heteroatoms. The summed E-state index contributed by atoms with van der Waals surface area (Å²) in [4.78, 5) is 13.7. The number of hydrogen-bond acceptors (Lipinski definition) is 3. The molecule has 1 aliphatic heterocycles. The van der Waals surface area contributed by atoms with Crippen molar-refractivity contribution in [1.82, 2.24) is 0 Å². The monoisotopic (exact) mass is 303 g/mol. The van der Waals surface area contributed by atoms with Gasteiger partial charge >= 0.3 is 6.09 Å². The number of cyclic esters (lactones) is 1. The average molecular weight is 304 g/mol. The second-order valence-electron chi connectivity index (χ2n) is 4.18. The van der Waals surface area contributed by atoms with E-state index in [9.17, 15) is 9.18 Å². The molecule has 1 heterocycles. The van der Waals surface area contributed by atoms with Gasteiger partial charge in [0.2, 0.25) is 0 Å². The quantitative estimate of drug-likeness (QED) is 0.610. The highest BCUT2D eigenvalue weighted by atomic mass is 35.5. The van der Waals surface area contributed by atoms with E-state index in [0.29, 0.717) is 28.8 Å². The number of halogens is 2. The van der Waals surface area contributed by atoms with Crippen LogP contribution in [0.3, 0.4) is 0 Å². The van der Waals surface area contributed by atoms with Gasteiger partial charge in [-0.1, -0.05) is 6.92 Å². The van der Waals surface area contributed by atoms with E-state index in [0.717, 1.165) is 6.42 Å². The summed E-state index contributed by atoms with van der Waals surface area (Å²) in [6, 6.07) is 4.78. The minimum absolute atomic E-state index is 0.110. The number of carbonyl (C=O) groups excluding carboxylic acids is 1. The van der Waals surface area contributed by atoms with Gasteiger partial charge in [-0.2, -0.15) is 0 Å². The first kappa shape index (κ1) is 14.5. The van der Waals surface area contributed by atoms with Crippen molar-refractivity contribution >= 4 is 35.1 Å². The number of hydrogen-bond donors (Lipinski definition) is 0. The van der Waals surface area contributed by atoms with Crippen molar-refractivity contribution in [3.05, 3.63) is 24.0 Å². The summed E-state index contributed by atoms with van der Waals surface area (Å²) in [5, 5.41) is 0. The third-order valence-corrected chi connectivity index (χ3v) is 4.35. The Morgan fingerprint density at radius 1 is 1.58 bits per heavy atom. The van der Waals surface area contributed by atoms with Gasteiger partial charge < -0.3 is 4.74 Å². The zero-order valence-corrected chi connectivity index (χ0v) is 12.1. The molecule has 0 spiro atoms. The van der Waals surface area contributed by atoms with Crippen LogP contribution in [0.1, 0.15) is 13.3 Å². The first-order valence-corrected chi connectivity index (χ1v) is 7.64. The van der Waals surface area contributed by atoms with E-state index in [-0.39, 0.29) is 11.9 Å². The van der Waals surface area contributed by atoms with Gasteiger partial charge in [-0.05, 0) is 24.6 Å². The van der Waals surface area contributed by atoms with E-state index in [1.807, 2.05) is 6.92 Å². The molecule has 1 amide bonds. The van der Waals surface area contributed by atoms with Crippen LogP contribution in [0.4, 0.5) is 14.9 Å². The van der Waals surface area contributed by atoms with Gasteiger partial charge in [0, 0.05) is 16.5 Å². The molecule has 1 aliphatic rings. The Balaban J connectivity index is 2.13. The maximum Gasteiger partial charge on any atom is 0.414 e. The van der Waals surface area contributed by atoms with E-state index in [1.54, 1.807) is 12.1 Å². The largest absolute Gasteiger partial charge is 0.444 e. The lowest BCUT2D eigenvalue weighted by molar-refractivity contribution is 0.139. The summed E-state index contributed by atoms with van der Waals surface area (Å²) < 4.78 is 19.0. The molecular formula is C13H15ClFNO2S. The molecule has 19 heavy (non-hydrogen) atoms. The molecule has 1 unspecified atom stereocenters. The number of ether oxygens (including phenoxy) is 1. The van der Waals surface area contributed by atoms with E-state index in [2.05, 4.69) is 0 Å². The van der Waals surface area contributed by atoms with E-state index in [4.69, 9.17) is 16.3 Å². The third kappa shape index (κ3) is 3.34. The molecule has 2 rings (SSSR count). The predicted molar refractivity (Wildman–Crippen MR) is 75.8 cm³/mol. The van der Waals surface area contributed by atoms with Crippen LogP contribution in [-0.2, 0) is 4.74 Å². The van der Waals surface area contributed by atoms with Crippen LogP contribution in [0.2, 0.25) is 0 Å². The smallest absolute Gasteiger partial charge is 0.414 e. The lowest BCUT2D eigenvalue weighted by atomic mass is 10.2. The molecule has 0 N–H and O–H groups in total. The van der Waals surface area contributed by atoms with E-state index in [1.165, 1.54) is 22.7 Å². The average Bonchev–Trinajstić information content (AvgIpc) is 2.78. The van der Waals surface area contributed by atoms with Gasteiger partial charge in [0.05, 0.1) is 12.2 Å². The first-order chi connectivity index (χ1) is 9.15. The van der Waals surface area contributed by atoms with Gasteiger partial charge in [0.1, 0.15) is 11.9 Å². The Bertz CT molecular complexity index is 472. The lowest BCUT2D eigenvalue weighted by Gasteiger charge is -2.14. The number of carbonyl (C=O) groups is 1. The fourth-order valence-corrected chi connectivity index (χ4v) is 2.76. The summed E-state index contributed by atoms with van der Waals surface area (Å²) in [5.41, 5.74) is 0.536. The molecule has 0 saturated carbocycles. The Hall–Kier alpha value is -0.940. The fraction of sp³-hybridized carbons (Fsp3) is 0.462. The number of thioether (sulfide) groups is 1. The number of benzene rings is 1. The molecule has 0 aromatic heterocycles. The molecular weight excluding hydrogens is 289 g/mol. The third-order valence-electron chi connectivity index (χ3n) is 2.89. The molecule has 0 bridgehead atoms. The Morgan fingerprint density at radius 2 is 2.37 bits per heavy atom. The van der Waals surface area contributed by atoms with Crippen LogP contribution >= 0.6 is 23.4 Å². The number of amides is 1. The standard InChI is InChI=1S/C13H15ClFNO2S/c1-2-10-8-16(13(17)18-10)9-3-4-12(11(15)7-9)19-6-5-14/h3-4,7,10H,2,5-6,8H2,1H3. The van der Waals surface area contributed by atoms with Crippen LogP contribution in [-0.4, -0.2) is 30.4 Å².